The van der Waals surface area contributed by atoms with Crippen molar-refractivity contribution in [2.45, 2.75) is 31.5 Å². The van der Waals surface area contributed by atoms with Crippen LogP contribution in [0.15, 0.2) is 48.5 Å². The van der Waals surface area contributed by atoms with Crippen LogP contribution >= 0.6 is 0 Å². The fraction of sp³-hybridized carbons (Fsp3) is 0.316. The van der Waals surface area contributed by atoms with E-state index in [4.69, 9.17) is 9.47 Å². The molecule has 2 aromatic carbocycles. The third kappa shape index (κ3) is 1.89. The topological polar surface area (TPSA) is 38.8 Å². The quantitative estimate of drug-likeness (QED) is 0.789. The van der Waals surface area contributed by atoms with E-state index in [2.05, 4.69) is 38.1 Å². The van der Waals surface area contributed by atoms with Crippen molar-refractivity contribution < 1.29 is 14.3 Å². The highest BCUT2D eigenvalue weighted by molar-refractivity contribution is 6.07. The van der Waals surface area contributed by atoms with Crippen LogP contribution in [-0.4, -0.2) is 18.0 Å². The molecule has 1 fully saturated rings. The lowest BCUT2D eigenvalue weighted by Crippen LogP contribution is -2.37. The van der Waals surface area contributed by atoms with Crippen LogP contribution in [0.4, 0.5) is 0 Å². The number of rotatable bonds is 2. The molecule has 0 aliphatic carbocycles. The standard InChI is InChI=1S/C19H18O3/c1-12(2)13-7-9-14(10-8-13)18-19(22-18)11-21-16-6-4-3-5-15(16)17(19)20/h3-10,12,18H,11H2,1-2H3/t18-,19-/m1/s1. The first-order valence-corrected chi connectivity index (χ1v) is 7.66. The fourth-order valence-electron chi connectivity index (χ4n) is 3.11. The smallest absolute Gasteiger partial charge is 0.205 e. The molecule has 2 aliphatic heterocycles. The van der Waals surface area contributed by atoms with E-state index in [0.29, 0.717) is 23.8 Å². The lowest BCUT2D eigenvalue weighted by atomic mass is 9.89. The number of ether oxygens (including phenoxy) is 2. The molecular formula is C19H18O3. The molecule has 22 heavy (non-hydrogen) atoms. The zero-order valence-corrected chi connectivity index (χ0v) is 12.7. The Bertz CT molecular complexity index is 733. The normalized spacial score (nSPS) is 26.0. The minimum absolute atomic E-state index is 0.0345. The second-order valence-electron chi connectivity index (χ2n) is 6.32. The highest BCUT2D eigenvalue weighted by Gasteiger charge is 2.65. The van der Waals surface area contributed by atoms with Crippen LogP contribution in [0.5, 0.6) is 5.75 Å². The first kappa shape index (κ1) is 13.5. The number of hydrogen-bond donors (Lipinski definition) is 0. The molecule has 0 unspecified atom stereocenters. The van der Waals surface area contributed by atoms with Crippen LogP contribution in [0, 0.1) is 0 Å². The number of epoxide rings is 1. The van der Waals surface area contributed by atoms with E-state index in [-0.39, 0.29) is 11.9 Å². The first-order valence-electron chi connectivity index (χ1n) is 7.66. The van der Waals surface area contributed by atoms with Gasteiger partial charge in [-0.15, -0.1) is 0 Å². The van der Waals surface area contributed by atoms with Gasteiger partial charge < -0.3 is 9.47 Å². The van der Waals surface area contributed by atoms with Gasteiger partial charge in [0, 0.05) is 0 Å². The molecular weight excluding hydrogens is 276 g/mol. The number of benzene rings is 2. The predicted octanol–water partition coefficient (Wildman–Crippen LogP) is 3.90. The highest BCUT2D eigenvalue weighted by Crippen LogP contribution is 2.54. The van der Waals surface area contributed by atoms with Crippen LogP contribution in [0.3, 0.4) is 0 Å². The van der Waals surface area contributed by atoms with Crippen molar-refractivity contribution in [1.82, 2.24) is 0 Å². The molecule has 0 aromatic heterocycles. The molecule has 3 heteroatoms. The van der Waals surface area contributed by atoms with Crippen molar-refractivity contribution >= 4 is 5.78 Å². The van der Waals surface area contributed by atoms with Crippen molar-refractivity contribution in [2.75, 3.05) is 6.61 Å². The monoisotopic (exact) mass is 294 g/mol. The third-order valence-electron chi connectivity index (χ3n) is 4.56. The molecule has 2 aliphatic rings. The van der Waals surface area contributed by atoms with Crippen molar-refractivity contribution in [2.24, 2.45) is 0 Å². The summed E-state index contributed by atoms with van der Waals surface area (Å²) in [6, 6.07) is 15.7. The second kappa shape index (κ2) is 4.68. The van der Waals surface area contributed by atoms with Crippen LogP contribution < -0.4 is 4.74 Å². The summed E-state index contributed by atoms with van der Waals surface area (Å²) in [4.78, 5) is 12.8. The van der Waals surface area contributed by atoms with Gasteiger partial charge in [0.2, 0.25) is 5.78 Å². The maximum atomic E-state index is 12.8. The molecule has 0 N–H and O–H groups in total. The average Bonchev–Trinajstić information content (AvgIpc) is 3.27. The number of ketones is 1. The number of fused-ring (bicyclic) bond motifs is 1. The Kier molecular flexibility index (Phi) is 2.88. The molecule has 112 valence electrons. The molecule has 0 radical (unpaired) electrons. The Hall–Kier alpha value is -2.13. The third-order valence-corrected chi connectivity index (χ3v) is 4.56. The molecule has 0 bridgehead atoms. The zero-order valence-electron chi connectivity index (χ0n) is 12.7. The SMILES string of the molecule is CC(C)c1ccc([C@H]2O[C@@]23COc2ccccc2C3=O)cc1. The van der Waals surface area contributed by atoms with E-state index in [0.717, 1.165) is 5.56 Å². The van der Waals surface area contributed by atoms with Crippen molar-refractivity contribution in [3.63, 3.8) is 0 Å². The summed E-state index contributed by atoms with van der Waals surface area (Å²) < 4.78 is 11.6. The first-order chi connectivity index (χ1) is 10.6. The predicted molar refractivity (Wildman–Crippen MR) is 83.4 cm³/mol. The molecule has 2 atom stereocenters. The summed E-state index contributed by atoms with van der Waals surface area (Å²) in [6.45, 7) is 4.62. The summed E-state index contributed by atoms with van der Waals surface area (Å²) in [5.41, 5.74) is 2.12. The fourth-order valence-corrected chi connectivity index (χ4v) is 3.11. The Labute approximate surface area is 129 Å². The largest absolute Gasteiger partial charge is 0.489 e. The van der Waals surface area contributed by atoms with Gasteiger partial charge in [0.15, 0.2) is 5.60 Å². The number of para-hydroxylation sites is 1. The maximum absolute atomic E-state index is 12.8. The van der Waals surface area contributed by atoms with Gasteiger partial charge in [-0.05, 0) is 29.2 Å². The maximum Gasteiger partial charge on any atom is 0.205 e. The number of Topliss-reactive ketones (excluding diaryl/α,β-unsaturated/α-hetero) is 1. The molecule has 2 aromatic rings. The summed E-state index contributed by atoms with van der Waals surface area (Å²) in [7, 11) is 0. The van der Waals surface area contributed by atoms with Crippen LogP contribution in [0.2, 0.25) is 0 Å². The van der Waals surface area contributed by atoms with Crippen LogP contribution in [0.1, 0.15) is 47.4 Å². The minimum atomic E-state index is -0.826. The minimum Gasteiger partial charge on any atom is -0.489 e. The molecule has 1 spiro atoms. The molecule has 2 heterocycles. The van der Waals surface area contributed by atoms with Gasteiger partial charge in [0.1, 0.15) is 18.5 Å². The highest BCUT2D eigenvalue weighted by atomic mass is 16.6. The molecule has 1 saturated heterocycles. The lowest BCUT2D eigenvalue weighted by molar-refractivity contribution is 0.0755. The Morgan fingerprint density at radius 2 is 1.82 bits per heavy atom. The van der Waals surface area contributed by atoms with Gasteiger partial charge in [-0.1, -0.05) is 50.2 Å². The van der Waals surface area contributed by atoms with Crippen molar-refractivity contribution in [3.8, 4) is 5.75 Å². The summed E-state index contributed by atoms with van der Waals surface area (Å²) in [5.74, 6) is 1.18. The second-order valence-corrected chi connectivity index (χ2v) is 6.32. The number of hydrogen-bond acceptors (Lipinski definition) is 3. The average molecular weight is 294 g/mol. The van der Waals surface area contributed by atoms with Gasteiger partial charge in [-0.3, -0.25) is 4.79 Å². The van der Waals surface area contributed by atoms with E-state index in [1.54, 1.807) is 6.07 Å². The van der Waals surface area contributed by atoms with Crippen molar-refractivity contribution in [3.05, 3.63) is 65.2 Å². The molecule has 0 saturated carbocycles. The van der Waals surface area contributed by atoms with E-state index in [9.17, 15) is 4.79 Å². The van der Waals surface area contributed by atoms with Crippen LogP contribution in [0.25, 0.3) is 0 Å². The summed E-state index contributed by atoms with van der Waals surface area (Å²) >= 11 is 0. The molecule has 0 amide bonds. The molecule has 4 rings (SSSR count). The van der Waals surface area contributed by atoms with Crippen molar-refractivity contribution in [1.29, 1.82) is 0 Å². The number of carbonyl (C=O) groups excluding carboxylic acids is 1. The van der Waals surface area contributed by atoms with Gasteiger partial charge >= 0.3 is 0 Å². The Balaban J connectivity index is 1.62. The molecule has 3 nitrogen and oxygen atoms in total. The summed E-state index contributed by atoms with van der Waals surface area (Å²) in [5, 5.41) is 0. The van der Waals surface area contributed by atoms with E-state index in [1.807, 2.05) is 18.2 Å². The lowest BCUT2D eigenvalue weighted by Gasteiger charge is -2.21. The van der Waals surface area contributed by atoms with E-state index in [1.165, 1.54) is 5.56 Å². The van der Waals surface area contributed by atoms with E-state index < -0.39 is 5.60 Å². The van der Waals surface area contributed by atoms with Gasteiger partial charge in [-0.2, -0.15) is 0 Å². The Morgan fingerprint density at radius 3 is 2.55 bits per heavy atom. The van der Waals surface area contributed by atoms with E-state index >= 15 is 0 Å². The zero-order chi connectivity index (χ0) is 15.3. The van der Waals surface area contributed by atoms with Gasteiger partial charge in [0.25, 0.3) is 0 Å². The Morgan fingerprint density at radius 1 is 1.09 bits per heavy atom. The van der Waals surface area contributed by atoms with Gasteiger partial charge in [-0.25, -0.2) is 0 Å². The van der Waals surface area contributed by atoms with Crippen LogP contribution in [-0.2, 0) is 4.74 Å². The number of carbonyl (C=O) groups is 1. The summed E-state index contributed by atoms with van der Waals surface area (Å²) in [6.07, 6.45) is -0.199. The van der Waals surface area contributed by atoms with Gasteiger partial charge in [0.05, 0.1) is 5.56 Å².